The van der Waals surface area contributed by atoms with Gasteiger partial charge in [-0.05, 0) is 37.5 Å². The molecule has 0 aliphatic carbocycles. The third-order valence-electron chi connectivity index (χ3n) is 9.31. The number of urea groups is 1. The van der Waals surface area contributed by atoms with Gasteiger partial charge in [0.1, 0.15) is 0 Å². The Bertz CT molecular complexity index is 661. The highest BCUT2D eigenvalue weighted by atomic mass is 32.2. The second kappa shape index (κ2) is 22.7. The lowest BCUT2D eigenvalue weighted by Crippen LogP contribution is -2.36. The Morgan fingerprint density at radius 1 is 0.775 bits per heavy atom. The summed E-state index contributed by atoms with van der Waals surface area (Å²) in [4.78, 5) is 23.7. The van der Waals surface area contributed by atoms with E-state index in [1.165, 1.54) is 109 Å². The standard InChI is InChI=1S/C34H64N2O3S/c1-4-7-9-10-13-20-28(6-3)21-14-11-12-15-22-29(19-8-5-2)23-18-26-39-32(37)25-17-16-24-31-33-30(27-40-31)35-34(38)36-33/h28-31,33H,4-27H2,1-3H3,(H2,35,36,38)/t28?,29?,30-,31?,33?/m0/s1. The van der Waals surface area contributed by atoms with Gasteiger partial charge < -0.3 is 15.4 Å². The molecule has 0 radical (unpaired) electrons. The quantitative estimate of drug-likeness (QED) is 0.0607. The predicted molar refractivity (Wildman–Crippen MR) is 172 cm³/mol. The Hall–Kier alpha value is -0.910. The highest BCUT2D eigenvalue weighted by Crippen LogP contribution is 2.33. The van der Waals surface area contributed by atoms with Crippen molar-refractivity contribution in [2.24, 2.45) is 11.8 Å². The largest absolute Gasteiger partial charge is 0.466 e. The van der Waals surface area contributed by atoms with Crippen molar-refractivity contribution in [2.45, 2.75) is 179 Å². The maximum Gasteiger partial charge on any atom is 0.315 e. The van der Waals surface area contributed by atoms with E-state index in [-0.39, 0.29) is 24.1 Å². The van der Waals surface area contributed by atoms with Crippen LogP contribution in [0.15, 0.2) is 0 Å². The summed E-state index contributed by atoms with van der Waals surface area (Å²) in [7, 11) is 0. The van der Waals surface area contributed by atoms with Crippen molar-refractivity contribution < 1.29 is 14.3 Å². The first-order valence-electron chi connectivity index (χ1n) is 17.4. The molecule has 0 aromatic rings. The number of unbranched alkanes of at least 4 members (excludes halogenated alkanes) is 9. The summed E-state index contributed by atoms with van der Waals surface area (Å²) in [5.74, 6) is 2.70. The van der Waals surface area contributed by atoms with Gasteiger partial charge in [-0.1, -0.05) is 130 Å². The molecule has 0 bridgehead atoms. The van der Waals surface area contributed by atoms with Crippen LogP contribution in [0.4, 0.5) is 4.79 Å². The third-order valence-corrected chi connectivity index (χ3v) is 10.8. The van der Waals surface area contributed by atoms with Gasteiger partial charge in [-0.3, -0.25) is 4.79 Å². The summed E-state index contributed by atoms with van der Waals surface area (Å²) in [6, 6.07) is 0.510. The van der Waals surface area contributed by atoms with E-state index in [4.69, 9.17) is 4.74 Å². The number of ether oxygens (including phenoxy) is 1. The van der Waals surface area contributed by atoms with E-state index < -0.39 is 0 Å². The van der Waals surface area contributed by atoms with Crippen molar-refractivity contribution >= 4 is 23.8 Å². The first-order valence-corrected chi connectivity index (χ1v) is 18.5. The summed E-state index contributed by atoms with van der Waals surface area (Å²) in [5, 5.41) is 6.51. The minimum Gasteiger partial charge on any atom is -0.466 e. The average Bonchev–Trinajstić information content (AvgIpc) is 3.51. The SMILES string of the molecule is CCCCCCCC(CC)CCCCCCC(CCCC)CCCOC(=O)CCCCC1SC[C@@H]2NC(=O)NC12. The molecule has 0 aromatic heterocycles. The minimum absolute atomic E-state index is 0.0278. The van der Waals surface area contributed by atoms with E-state index in [1.54, 1.807) is 0 Å². The van der Waals surface area contributed by atoms with Crippen LogP contribution in [0.25, 0.3) is 0 Å². The fourth-order valence-electron chi connectivity index (χ4n) is 6.62. The molecule has 2 N–H and O–H groups in total. The second-order valence-corrected chi connectivity index (χ2v) is 14.0. The summed E-state index contributed by atoms with van der Waals surface area (Å²) in [5.41, 5.74) is 0. The van der Waals surface area contributed by atoms with E-state index in [1.807, 2.05) is 11.8 Å². The number of hydrogen-bond acceptors (Lipinski definition) is 4. The van der Waals surface area contributed by atoms with Crippen molar-refractivity contribution in [1.29, 1.82) is 0 Å². The zero-order chi connectivity index (χ0) is 28.8. The van der Waals surface area contributed by atoms with Crippen molar-refractivity contribution in [3.05, 3.63) is 0 Å². The van der Waals surface area contributed by atoms with Gasteiger partial charge >= 0.3 is 12.0 Å². The zero-order valence-corrected chi connectivity index (χ0v) is 27.3. The smallest absolute Gasteiger partial charge is 0.315 e. The molecular formula is C34H64N2O3S. The second-order valence-electron chi connectivity index (χ2n) is 12.7. The topological polar surface area (TPSA) is 67.4 Å². The summed E-state index contributed by atoms with van der Waals surface area (Å²) < 4.78 is 5.58. The van der Waals surface area contributed by atoms with Gasteiger partial charge in [0.05, 0.1) is 18.7 Å². The zero-order valence-electron chi connectivity index (χ0n) is 26.5. The van der Waals surface area contributed by atoms with Gasteiger partial charge in [-0.25, -0.2) is 4.79 Å². The normalized spacial score (nSPS) is 21.6. The lowest BCUT2D eigenvalue weighted by atomic mass is 9.90. The van der Waals surface area contributed by atoms with Crippen LogP contribution < -0.4 is 10.6 Å². The average molecular weight is 581 g/mol. The first-order chi connectivity index (χ1) is 19.6. The van der Waals surface area contributed by atoms with Crippen LogP contribution >= 0.6 is 11.8 Å². The Morgan fingerprint density at radius 3 is 2.08 bits per heavy atom. The van der Waals surface area contributed by atoms with E-state index in [0.717, 1.165) is 43.3 Å². The number of carbonyl (C=O) groups is 2. The molecule has 5 nitrogen and oxygen atoms in total. The Labute approximate surface area is 251 Å². The molecule has 0 spiro atoms. The number of rotatable bonds is 26. The summed E-state index contributed by atoms with van der Waals surface area (Å²) >= 11 is 1.94. The Kier molecular flexibility index (Phi) is 20.0. The molecule has 2 rings (SSSR count). The number of thioether (sulfide) groups is 1. The van der Waals surface area contributed by atoms with Gasteiger partial charge in [0.25, 0.3) is 0 Å². The lowest BCUT2D eigenvalue weighted by Gasteiger charge is -2.17. The number of carbonyl (C=O) groups excluding carboxylic acids is 2. The van der Waals surface area contributed by atoms with E-state index >= 15 is 0 Å². The summed E-state index contributed by atoms with van der Waals surface area (Å²) in [6.45, 7) is 7.55. The molecule has 2 aliphatic rings. The van der Waals surface area contributed by atoms with Crippen LogP contribution in [0.3, 0.4) is 0 Å². The molecule has 2 fully saturated rings. The maximum atomic E-state index is 12.2. The molecule has 234 valence electrons. The molecule has 2 saturated heterocycles. The number of esters is 1. The molecule has 5 atom stereocenters. The number of nitrogens with one attached hydrogen (secondary N) is 2. The molecular weight excluding hydrogens is 516 g/mol. The molecule has 2 aliphatic heterocycles. The predicted octanol–water partition coefficient (Wildman–Crippen LogP) is 9.57. The lowest BCUT2D eigenvalue weighted by molar-refractivity contribution is -0.144. The Morgan fingerprint density at radius 2 is 1.40 bits per heavy atom. The fraction of sp³-hybridized carbons (Fsp3) is 0.941. The summed E-state index contributed by atoms with van der Waals surface area (Å²) in [6.07, 6.45) is 27.8. The van der Waals surface area contributed by atoms with Crippen molar-refractivity contribution in [3.8, 4) is 0 Å². The third kappa shape index (κ3) is 15.4. The van der Waals surface area contributed by atoms with Crippen LogP contribution in [0.5, 0.6) is 0 Å². The van der Waals surface area contributed by atoms with Crippen molar-refractivity contribution in [3.63, 3.8) is 0 Å². The number of hydrogen-bond donors (Lipinski definition) is 2. The monoisotopic (exact) mass is 580 g/mol. The molecule has 6 heteroatoms. The molecule has 0 aromatic carbocycles. The van der Waals surface area contributed by atoms with Crippen LogP contribution in [0, 0.1) is 11.8 Å². The Balaban J connectivity index is 1.46. The van der Waals surface area contributed by atoms with Crippen LogP contribution in [-0.4, -0.2) is 41.7 Å². The first kappa shape index (κ1) is 35.3. The number of fused-ring (bicyclic) bond motifs is 1. The van der Waals surface area contributed by atoms with Gasteiger partial charge in [0, 0.05) is 17.4 Å². The van der Waals surface area contributed by atoms with Crippen LogP contribution in [0.2, 0.25) is 0 Å². The molecule has 40 heavy (non-hydrogen) atoms. The highest BCUT2D eigenvalue weighted by Gasteiger charge is 2.42. The van der Waals surface area contributed by atoms with E-state index in [2.05, 4.69) is 31.4 Å². The van der Waals surface area contributed by atoms with Gasteiger partial charge in [-0.2, -0.15) is 11.8 Å². The van der Waals surface area contributed by atoms with Gasteiger partial charge in [0.15, 0.2) is 0 Å². The van der Waals surface area contributed by atoms with Crippen molar-refractivity contribution in [2.75, 3.05) is 12.4 Å². The minimum atomic E-state index is -0.0377. The molecule has 2 heterocycles. The van der Waals surface area contributed by atoms with Gasteiger partial charge in [0.2, 0.25) is 0 Å². The van der Waals surface area contributed by atoms with Gasteiger partial charge in [-0.15, -0.1) is 0 Å². The van der Waals surface area contributed by atoms with Crippen LogP contribution in [-0.2, 0) is 9.53 Å². The molecule has 2 amide bonds. The molecule has 4 unspecified atom stereocenters. The van der Waals surface area contributed by atoms with E-state index in [0.29, 0.717) is 18.3 Å². The number of amides is 2. The molecule has 0 saturated carbocycles. The van der Waals surface area contributed by atoms with Crippen molar-refractivity contribution in [1.82, 2.24) is 10.6 Å². The fourth-order valence-corrected chi connectivity index (χ4v) is 8.17. The van der Waals surface area contributed by atoms with Crippen LogP contribution in [0.1, 0.15) is 162 Å². The highest BCUT2D eigenvalue weighted by molar-refractivity contribution is 8.00. The maximum absolute atomic E-state index is 12.2. The van der Waals surface area contributed by atoms with E-state index in [9.17, 15) is 9.59 Å².